The van der Waals surface area contributed by atoms with Crippen LogP contribution in [0.25, 0.3) is 0 Å². The first-order chi connectivity index (χ1) is 13.6. The number of hydrogen-bond acceptors (Lipinski definition) is 2. The molecule has 2 rings (SSSR count). The van der Waals surface area contributed by atoms with E-state index in [0.29, 0.717) is 21.7 Å². The number of thioether (sulfide) groups is 2. The zero-order valence-corrected chi connectivity index (χ0v) is 23.8. The highest BCUT2D eigenvalue weighted by Crippen LogP contribution is 2.48. The van der Waals surface area contributed by atoms with Crippen molar-refractivity contribution >= 4 is 23.5 Å². The number of rotatable bonds is 9. The Morgan fingerprint density at radius 1 is 0.600 bits per heavy atom. The molecule has 0 amide bonds. The van der Waals surface area contributed by atoms with Gasteiger partial charge in [-0.2, -0.15) is 23.5 Å². The van der Waals surface area contributed by atoms with Crippen LogP contribution in [0.15, 0.2) is 0 Å². The molecule has 2 fully saturated rings. The zero-order chi connectivity index (χ0) is 22.8. The van der Waals surface area contributed by atoms with E-state index >= 15 is 0 Å². The highest BCUT2D eigenvalue weighted by atomic mass is 32.2. The van der Waals surface area contributed by atoms with E-state index in [-0.39, 0.29) is 0 Å². The predicted octanol–water partition coefficient (Wildman–Crippen LogP) is 9.57. The summed E-state index contributed by atoms with van der Waals surface area (Å²) in [5.41, 5.74) is 1.91. The van der Waals surface area contributed by atoms with E-state index in [1.807, 2.05) is 0 Å². The fourth-order valence-electron chi connectivity index (χ4n) is 5.95. The molecular formula is C28H54S2. The minimum atomic E-state index is 0.475. The van der Waals surface area contributed by atoms with Gasteiger partial charge in [-0.25, -0.2) is 0 Å². The second kappa shape index (κ2) is 10.3. The van der Waals surface area contributed by atoms with Gasteiger partial charge in [0.25, 0.3) is 0 Å². The maximum absolute atomic E-state index is 2.56. The third-order valence-electron chi connectivity index (χ3n) is 7.47. The Balaban J connectivity index is 1.86. The Morgan fingerprint density at radius 3 is 1.60 bits per heavy atom. The summed E-state index contributed by atoms with van der Waals surface area (Å²) in [6.45, 7) is 24.8. The van der Waals surface area contributed by atoms with Crippen LogP contribution in [0, 0.1) is 39.4 Å². The summed E-state index contributed by atoms with van der Waals surface area (Å²) < 4.78 is 0. The minimum Gasteiger partial charge on any atom is -0.161 e. The van der Waals surface area contributed by atoms with Crippen molar-refractivity contribution in [1.29, 1.82) is 0 Å². The van der Waals surface area contributed by atoms with Gasteiger partial charge in [0, 0.05) is 5.25 Å². The van der Waals surface area contributed by atoms with Crippen molar-refractivity contribution in [2.45, 2.75) is 119 Å². The SMILES string of the molecule is CC(C)(C)C[C@@H]1CSC[C@H]1CC(C)(C)CCC(C)(C)C[C@@H]1SCC[C@H]1CC(C)(C)C. The van der Waals surface area contributed by atoms with Crippen molar-refractivity contribution in [1.82, 2.24) is 0 Å². The van der Waals surface area contributed by atoms with Gasteiger partial charge in [0.2, 0.25) is 0 Å². The smallest absolute Gasteiger partial charge is 0.00808 e. The van der Waals surface area contributed by atoms with Gasteiger partial charge in [-0.05, 0) is 102 Å². The Hall–Kier alpha value is 0.700. The lowest BCUT2D eigenvalue weighted by Crippen LogP contribution is -2.28. The molecule has 178 valence electrons. The third kappa shape index (κ3) is 9.68. The van der Waals surface area contributed by atoms with E-state index in [4.69, 9.17) is 0 Å². The van der Waals surface area contributed by atoms with Crippen molar-refractivity contribution in [3.05, 3.63) is 0 Å². The summed E-state index contributed by atoms with van der Waals surface area (Å²) in [5, 5.41) is 0.893. The second-order valence-corrected chi connectivity index (χ2v) is 17.2. The van der Waals surface area contributed by atoms with Crippen molar-refractivity contribution in [2.75, 3.05) is 17.3 Å². The quantitative estimate of drug-likeness (QED) is 0.340. The molecule has 2 aliphatic heterocycles. The van der Waals surface area contributed by atoms with E-state index in [2.05, 4.69) is 92.8 Å². The molecule has 0 radical (unpaired) electrons. The van der Waals surface area contributed by atoms with Gasteiger partial charge >= 0.3 is 0 Å². The molecule has 2 heterocycles. The molecule has 0 aromatic rings. The fourth-order valence-corrected chi connectivity index (χ4v) is 9.29. The van der Waals surface area contributed by atoms with Gasteiger partial charge in [-0.3, -0.25) is 0 Å². The van der Waals surface area contributed by atoms with Crippen LogP contribution < -0.4 is 0 Å². The van der Waals surface area contributed by atoms with Crippen LogP contribution in [0.1, 0.15) is 114 Å². The van der Waals surface area contributed by atoms with Crippen LogP contribution in [0.5, 0.6) is 0 Å². The van der Waals surface area contributed by atoms with Crippen LogP contribution in [0.2, 0.25) is 0 Å². The van der Waals surface area contributed by atoms with Gasteiger partial charge in [-0.15, -0.1) is 0 Å². The van der Waals surface area contributed by atoms with Gasteiger partial charge < -0.3 is 0 Å². The minimum absolute atomic E-state index is 0.475. The van der Waals surface area contributed by atoms with E-state index in [0.717, 1.165) is 23.0 Å². The molecule has 0 nitrogen and oxygen atoms in total. The van der Waals surface area contributed by atoms with Crippen LogP contribution in [-0.4, -0.2) is 22.5 Å². The molecule has 30 heavy (non-hydrogen) atoms. The summed E-state index contributed by atoms with van der Waals surface area (Å²) in [4.78, 5) is 0. The molecule has 0 spiro atoms. The average molecular weight is 455 g/mol. The molecule has 0 N–H and O–H groups in total. The topological polar surface area (TPSA) is 0 Å². The predicted molar refractivity (Wildman–Crippen MR) is 143 cm³/mol. The highest BCUT2D eigenvalue weighted by Gasteiger charge is 2.38. The van der Waals surface area contributed by atoms with Crippen molar-refractivity contribution in [3.63, 3.8) is 0 Å². The summed E-state index contributed by atoms with van der Waals surface area (Å²) >= 11 is 4.50. The molecule has 0 aliphatic carbocycles. The van der Waals surface area contributed by atoms with E-state index < -0.39 is 0 Å². The van der Waals surface area contributed by atoms with Gasteiger partial charge in [0.05, 0.1) is 0 Å². The Kier molecular flexibility index (Phi) is 9.27. The Bertz CT molecular complexity index is 472. The second-order valence-electron chi connectivity index (χ2n) is 14.8. The first kappa shape index (κ1) is 26.9. The largest absolute Gasteiger partial charge is 0.161 e. The third-order valence-corrected chi connectivity index (χ3v) is 10.3. The molecule has 0 saturated carbocycles. The molecule has 2 heteroatoms. The maximum atomic E-state index is 2.56. The van der Waals surface area contributed by atoms with Crippen molar-refractivity contribution < 1.29 is 0 Å². The van der Waals surface area contributed by atoms with Crippen LogP contribution in [-0.2, 0) is 0 Å². The lowest BCUT2D eigenvalue weighted by molar-refractivity contribution is 0.160. The maximum Gasteiger partial charge on any atom is 0.00808 e. The molecule has 4 atom stereocenters. The van der Waals surface area contributed by atoms with Crippen LogP contribution >= 0.6 is 23.5 Å². The molecule has 2 saturated heterocycles. The Morgan fingerprint density at radius 2 is 1.07 bits per heavy atom. The van der Waals surface area contributed by atoms with Gasteiger partial charge in [-0.1, -0.05) is 69.2 Å². The summed E-state index contributed by atoms with van der Waals surface area (Å²) in [6.07, 6.45) is 9.89. The van der Waals surface area contributed by atoms with Crippen LogP contribution in [0.3, 0.4) is 0 Å². The van der Waals surface area contributed by atoms with E-state index in [9.17, 15) is 0 Å². The summed E-state index contributed by atoms with van der Waals surface area (Å²) in [5.74, 6) is 7.01. The normalized spacial score (nSPS) is 29.0. The molecule has 2 aliphatic rings. The van der Waals surface area contributed by atoms with Crippen molar-refractivity contribution in [3.8, 4) is 0 Å². The standard InChI is InChI=1S/C28H54S2/c1-25(2,3)15-21-11-14-30-24(21)18-28(9,10)13-12-27(7,8)17-23-20-29-19-22(23)16-26(4,5)6/h21-24H,11-20H2,1-10H3/t21-,22+,23+,24-/m0/s1. The number of hydrogen-bond donors (Lipinski definition) is 0. The van der Waals surface area contributed by atoms with E-state index in [1.165, 1.54) is 62.2 Å². The summed E-state index contributed by atoms with van der Waals surface area (Å²) in [7, 11) is 0. The highest BCUT2D eigenvalue weighted by molar-refractivity contribution is 8.00. The van der Waals surface area contributed by atoms with Crippen LogP contribution in [0.4, 0.5) is 0 Å². The molecule has 0 aromatic carbocycles. The monoisotopic (exact) mass is 454 g/mol. The van der Waals surface area contributed by atoms with Gasteiger partial charge in [0.15, 0.2) is 0 Å². The fraction of sp³-hybridized carbons (Fsp3) is 1.00. The average Bonchev–Trinajstić information content (AvgIpc) is 3.12. The molecular weight excluding hydrogens is 400 g/mol. The Labute approximate surface area is 199 Å². The lowest BCUT2D eigenvalue weighted by atomic mass is 9.69. The lowest BCUT2D eigenvalue weighted by Gasteiger charge is -2.37. The zero-order valence-electron chi connectivity index (χ0n) is 22.2. The van der Waals surface area contributed by atoms with Crippen molar-refractivity contribution in [2.24, 2.45) is 39.4 Å². The molecule has 0 bridgehead atoms. The first-order valence-electron chi connectivity index (χ1n) is 12.7. The molecule has 0 unspecified atom stereocenters. The summed E-state index contributed by atoms with van der Waals surface area (Å²) in [6, 6.07) is 0. The molecule has 0 aromatic heterocycles. The first-order valence-corrected chi connectivity index (χ1v) is 15.0. The van der Waals surface area contributed by atoms with E-state index in [1.54, 1.807) is 0 Å². The van der Waals surface area contributed by atoms with Gasteiger partial charge in [0.1, 0.15) is 0 Å².